The van der Waals surface area contributed by atoms with Gasteiger partial charge in [-0.05, 0) is 12.5 Å². The van der Waals surface area contributed by atoms with Gasteiger partial charge in [0, 0.05) is 30.2 Å². The maximum atomic E-state index is 6.09. The molecule has 0 amide bonds. The van der Waals surface area contributed by atoms with Crippen LogP contribution in [0.25, 0.3) is 10.9 Å². The number of pyridine rings is 1. The van der Waals surface area contributed by atoms with Crippen molar-refractivity contribution in [3.8, 4) is 5.75 Å². The molecule has 17 heavy (non-hydrogen) atoms. The summed E-state index contributed by atoms with van der Waals surface area (Å²) < 4.78 is 6.09. The van der Waals surface area contributed by atoms with E-state index in [9.17, 15) is 0 Å². The van der Waals surface area contributed by atoms with Gasteiger partial charge in [0.2, 0.25) is 0 Å². The highest BCUT2D eigenvalue weighted by Gasteiger charge is 2.18. The van der Waals surface area contributed by atoms with E-state index in [2.05, 4.69) is 35.4 Å². The van der Waals surface area contributed by atoms with E-state index < -0.39 is 0 Å². The van der Waals surface area contributed by atoms with Gasteiger partial charge in [-0.25, -0.2) is 0 Å². The minimum atomic E-state index is 0.240. The largest absolute Gasteiger partial charge is 0.486 e. The number of hydrogen-bond donors (Lipinski definition) is 1. The molecule has 1 aromatic carbocycles. The molecule has 88 valence electrons. The first kappa shape index (κ1) is 10.5. The van der Waals surface area contributed by atoms with Crippen molar-refractivity contribution in [1.82, 2.24) is 10.3 Å². The van der Waals surface area contributed by atoms with E-state index in [1.807, 2.05) is 12.3 Å². The van der Waals surface area contributed by atoms with Crippen molar-refractivity contribution >= 4 is 10.9 Å². The molecule has 0 aliphatic carbocycles. The fourth-order valence-electron chi connectivity index (χ4n) is 2.23. The van der Waals surface area contributed by atoms with Crippen LogP contribution in [0.5, 0.6) is 5.75 Å². The molecule has 3 rings (SSSR count). The third-order valence-electron chi connectivity index (χ3n) is 3.24. The Morgan fingerprint density at radius 3 is 3.24 bits per heavy atom. The molecule has 0 saturated heterocycles. The summed E-state index contributed by atoms with van der Waals surface area (Å²) >= 11 is 0. The lowest BCUT2D eigenvalue weighted by Crippen LogP contribution is -2.27. The molecular formula is C14H16N2O. The first-order chi connectivity index (χ1) is 8.38. The van der Waals surface area contributed by atoms with Gasteiger partial charge in [-0.15, -0.1) is 0 Å². The predicted molar refractivity (Wildman–Crippen MR) is 68.2 cm³/mol. The Balaban J connectivity index is 2.16. The van der Waals surface area contributed by atoms with Gasteiger partial charge in [0.25, 0.3) is 0 Å². The smallest absolute Gasteiger partial charge is 0.150 e. The minimum Gasteiger partial charge on any atom is -0.486 e. The molecule has 0 saturated carbocycles. The van der Waals surface area contributed by atoms with E-state index in [0.29, 0.717) is 0 Å². The number of nitrogens with zero attached hydrogens (tertiary/aromatic N) is 1. The average molecular weight is 228 g/mol. The number of fused-ring (bicyclic) bond motifs is 3. The molecule has 0 radical (unpaired) electrons. The fraction of sp³-hybridized carbons (Fsp3) is 0.357. The zero-order chi connectivity index (χ0) is 11.7. The van der Waals surface area contributed by atoms with Crippen LogP contribution < -0.4 is 10.1 Å². The lowest BCUT2D eigenvalue weighted by Gasteiger charge is -2.16. The topological polar surface area (TPSA) is 34.2 Å². The fourth-order valence-corrected chi connectivity index (χ4v) is 2.23. The Hall–Kier alpha value is -1.61. The average Bonchev–Trinajstić information content (AvgIpc) is 2.60. The molecule has 1 atom stereocenters. The molecule has 0 spiro atoms. The number of nitrogens with one attached hydrogen (secondary N) is 1. The monoisotopic (exact) mass is 228 g/mol. The van der Waals surface area contributed by atoms with Crippen molar-refractivity contribution < 1.29 is 4.74 Å². The summed E-state index contributed by atoms with van der Waals surface area (Å²) in [5, 5.41) is 4.56. The van der Waals surface area contributed by atoms with Gasteiger partial charge in [-0.3, -0.25) is 4.98 Å². The maximum Gasteiger partial charge on any atom is 0.150 e. The standard InChI is InChI=1S/C14H16N2O/c1-2-12-9-15-8-11-6-5-10-4-3-7-16-13(10)14(11)17-12/h3-7,12,15H,2,8-9H2,1H3/t12-/m1/s1. The van der Waals surface area contributed by atoms with Crippen LogP contribution in [0.1, 0.15) is 18.9 Å². The third-order valence-corrected chi connectivity index (χ3v) is 3.24. The molecule has 1 aliphatic heterocycles. The van der Waals surface area contributed by atoms with Crippen molar-refractivity contribution in [3.05, 3.63) is 36.0 Å². The van der Waals surface area contributed by atoms with Crippen LogP contribution in [-0.2, 0) is 6.54 Å². The van der Waals surface area contributed by atoms with Crippen molar-refractivity contribution in [2.45, 2.75) is 26.0 Å². The van der Waals surface area contributed by atoms with Crippen LogP contribution in [0.2, 0.25) is 0 Å². The summed E-state index contributed by atoms with van der Waals surface area (Å²) in [7, 11) is 0. The molecule has 1 aromatic heterocycles. The highest BCUT2D eigenvalue weighted by Crippen LogP contribution is 2.30. The quantitative estimate of drug-likeness (QED) is 0.814. The third kappa shape index (κ3) is 1.87. The molecule has 0 fully saturated rings. The van der Waals surface area contributed by atoms with Crippen LogP contribution >= 0.6 is 0 Å². The Bertz CT molecular complexity index is 539. The number of ether oxygens (including phenoxy) is 1. The summed E-state index contributed by atoms with van der Waals surface area (Å²) in [5.41, 5.74) is 2.18. The number of benzene rings is 1. The summed E-state index contributed by atoms with van der Waals surface area (Å²) in [4.78, 5) is 4.45. The van der Waals surface area contributed by atoms with Crippen molar-refractivity contribution in [1.29, 1.82) is 0 Å². The van der Waals surface area contributed by atoms with Gasteiger partial charge >= 0.3 is 0 Å². The minimum absolute atomic E-state index is 0.240. The Labute approximate surface area is 101 Å². The number of rotatable bonds is 1. The first-order valence-corrected chi connectivity index (χ1v) is 6.12. The van der Waals surface area contributed by atoms with Gasteiger partial charge in [-0.1, -0.05) is 25.1 Å². The second kappa shape index (κ2) is 4.34. The lowest BCUT2D eigenvalue weighted by atomic mass is 10.1. The molecule has 3 heteroatoms. The van der Waals surface area contributed by atoms with Crippen molar-refractivity contribution in [2.75, 3.05) is 6.54 Å². The molecule has 0 unspecified atom stereocenters. The Morgan fingerprint density at radius 1 is 1.41 bits per heavy atom. The van der Waals surface area contributed by atoms with Gasteiger partial charge < -0.3 is 10.1 Å². The zero-order valence-electron chi connectivity index (χ0n) is 9.94. The Morgan fingerprint density at radius 2 is 2.35 bits per heavy atom. The summed E-state index contributed by atoms with van der Waals surface area (Å²) in [6.45, 7) is 3.91. The first-order valence-electron chi connectivity index (χ1n) is 6.12. The van der Waals surface area contributed by atoms with Gasteiger partial charge in [-0.2, -0.15) is 0 Å². The molecule has 2 aromatic rings. The SMILES string of the molecule is CC[C@@H]1CNCc2ccc3cccnc3c2O1. The van der Waals surface area contributed by atoms with E-state index in [1.165, 1.54) is 5.56 Å². The van der Waals surface area contributed by atoms with Crippen LogP contribution in [-0.4, -0.2) is 17.6 Å². The summed E-state index contributed by atoms with van der Waals surface area (Å²) in [6, 6.07) is 8.27. The number of aromatic nitrogens is 1. The van der Waals surface area contributed by atoms with E-state index in [-0.39, 0.29) is 6.10 Å². The van der Waals surface area contributed by atoms with Gasteiger partial charge in [0.1, 0.15) is 17.4 Å². The number of hydrogen-bond acceptors (Lipinski definition) is 3. The predicted octanol–water partition coefficient (Wildman–Crippen LogP) is 2.50. The molecule has 1 aliphatic rings. The van der Waals surface area contributed by atoms with Crippen molar-refractivity contribution in [3.63, 3.8) is 0 Å². The van der Waals surface area contributed by atoms with Crippen LogP contribution in [0.3, 0.4) is 0 Å². The van der Waals surface area contributed by atoms with Gasteiger partial charge in [0.05, 0.1) is 0 Å². The highest BCUT2D eigenvalue weighted by molar-refractivity contribution is 5.85. The van der Waals surface area contributed by atoms with Crippen LogP contribution in [0, 0.1) is 0 Å². The van der Waals surface area contributed by atoms with Gasteiger partial charge in [0.15, 0.2) is 0 Å². The molecule has 0 bridgehead atoms. The molecular weight excluding hydrogens is 212 g/mol. The second-order valence-electron chi connectivity index (χ2n) is 4.41. The zero-order valence-corrected chi connectivity index (χ0v) is 9.94. The Kier molecular flexibility index (Phi) is 2.69. The highest BCUT2D eigenvalue weighted by atomic mass is 16.5. The van der Waals surface area contributed by atoms with Crippen LogP contribution in [0.15, 0.2) is 30.5 Å². The molecule has 1 N–H and O–H groups in total. The van der Waals surface area contributed by atoms with E-state index in [4.69, 9.17) is 4.74 Å². The second-order valence-corrected chi connectivity index (χ2v) is 4.41. The van der Waals surface area contributed by atoms with Crippen LogP contribution in [0.4, 0.5) is 0 Å². The molecule has 3 nitrogen and oxygen atoms in total. The van der Waals surface area contributed by atoms with E-state index >= 15 is 0 Å². The normalized spacial score (nSPS) is 19.5. The van der Waals surface area contributed by atoms with E-state index in [1.54, 1.807) is 0 Å². The molecule has 2 heterocycles. The lowest BCUT2D eigenvalue weighted by molar-refractivity contribution is 0.204. The summed E-state index contributed by atoms with van der Waals surface area (Å²) in [6.07, 6.45) is 3.07. The maximum absolute atomic E-state index is 6.09. The van der Waals surface area contributed by atoms with E-state index in [0.717, 1.165) is 36.2 Å². The van der Waals surface area contributed by atoms with Crippen molar-refractivity contribution in [2.24, 2.45) is 0 Å². The summed E-state index contributed by atoms with van der Waals surface area (Å²) in [5.74, 6) is 0.958.